The van der Waals surface area contributed by atoms with E-state index < -0.39 is 0 Å². The lowest BCUT2D eigenvalue weighted by molar-refractivity contribution is 0.0869. The molecular weight excluding hydrogens is 256 g/mol. The smallest absolute Gasteiger partial charge is 0.107 e. The average Bonchev–Trinajstić information content (AvgIpc) is 2.97. The Balaban J connectivity index is 1.68. The molecule has 0 atom stereocenters. The van der Waals surface area contributed by atoms with Crippen molar-refractivity contribution in [2.75, 3.05) is 6.61 Å². The molecule has 0 radical (unpaired) electrons. The lowest BCUT2D eigenvalue weighted by Gasteiger charge is -2.19. The second-order valence-corrected chi connectivity index (χ2v) is 7.44. The SMILES string of the molecule is CC(C)(C)NCc1nc(COCC2CCCC2)cs1. The first kappa shape index (κ1) is 14.9. The van der Waals surface area contributed by atoms with Gasteiger partial charge >= 0.3 is 0 Å². The van der Waals surface area contributed by atoms with Gasteiger partial charge in [0.25, 0.3) is 0 Å². The fraction of sp³-hybridized carbons (Fsp3) is 0.800. The van der Waals surface area contributed by atoms with Gasteiger partial charge in [-0.15, -0.1) is 11.3 Å². The van der Waals surface area contributed by atoms with E-state index in [1.807, 2.05) is 0 Å². The number of ether oxygens (including phenoxy) is 1. The predicted molar refractivity (Wildman–Crippen MR) is 80.3 cm³/mol. The number of nitrogens with one attached hydrogen (secondary N) is 1. The summed E-state index contributed by atoms with van der Waals surface area (Å²) in [6.07, 6.45) is 5.45. The predicted octanol–water partition coefficient (Wildman–Crippen LogP) is 3.74. The number of hydrogen-bond acceptors (Lipinski definition) is 4. The van der Waals surface area contributed by atoms with Crippen LogP contribution in [0.1, 0.15) is 57.2 Å². The molecule has 1 heterocycles. The van der Waals surface area contributed by atoms with Gasteiger partial charge in [0.05, 0.1) is 12.3 Å². The minimum atomic E-state index is 0.144. The van der Waals surface area contributed by atoms with E-state index in [4.69, 9.17) is 4.74 Å². The highest BCUT2D eigenvalue weighted by atomic mass is 32.1. The van der Waals surface area contributed by atoms with Crippen LogP contribution >= 0.6 is 11.3 Å². The van der Waals surface area contributed by atoms with Gasteiger partial charge < -0.3 is 10.1 Å². The number of nitrogens with zero attached hydrogens (tertiary/aromatic N) is 1. The Labute approximate surface area is 120 Å². The first-order valence-electron chi connectivity index (χ1n) is 7.29. The standard InChI is InChI=1S/C15H26N2OS/c1-15(2,3)16-8-14-17-13(11-19-14)10-18-9-12-6-4-5-7-12/h11-12,16H,4-10H2,1-3H3. The van der Waals surface area contributed by atoms with E-state index in [-0.39, 0.29) is 5.54 Å². The number of hydrogen-bond donors (Lipinski definition) is 1. The van der Waals surface area contributed by atoms with Crippen molar-refractivity contribution in [1.29, 1.82) is 0 Å². The Bertz CT molecular complexity index is 378. The van der Waals surface area contributed by atoms with Crippen molar-refractivity contribution in [3.63, 3.8) is 0 Å². The van der Waals surface area contributed by atoms with Gasteiger partial charge in [-0.25, -0.2) is 4.98 Å². The van der Waals surface area contributed by atoms with Gasteiger partial charge in [-0.2, -0.15) is 0 Å². The van der Waals surface area contributed by atoms with Crippen LogP contribution in [-0.4, -0.2) is 17.1 Å². The molecule has 4 heteroatoms. The molecule has 1 aromatic heterocycles. The van der Waals surface area contributed by atoms with Gasteiger partial charge in [-0.05, 0) is 39.5 Å². The minimum absolute atomic E-state index is 0.144. The molecule has 19 heavy (non-hydrogen) atoms. The lowest BCUT2D eigenvalue weighted by Crippen LogP contribution is -2.35. The van der Waals surface area contributed by atoms with Gasteiger partial charge in [0.2, 0.25) is 0 Å². The zero-order valence-electron chi connectivity index (χ0n) is 12.4. The summed E-state index contributed by atoms with van der Waals surface area (Å²) >= 11 is 1.72. The Kier molecular flexibility index (Phi) is 5.37. The molecule has 2 rings (SSSR count). The number of rotatable bonds is 6. The molecule has 1 fully saturated rings. The highest BCUT2D eigenvalue weighted by Crippen LogP contribution is 2.25. The largest absolute Gasteiger partial charge is 0.375 e. The van der Waals surface area contributed by atoms with Gasteiger partial charge in [0.15, 0.2) is 0 Å². The van der Waals surface area contributed by atoms with Crippen LogP contribution in [0.5, 0.6) is 0 Å². The molecule has 1 N–H and O–H groups in total. The maximum absolute atomic E-state index is 5.79. The van der Waals surface area contributed by atoms with Gasteiger partial charge in [0.1, 0.15) is 5.01 Å². The Morgan fingerprint density at radius 3 is 2.79 bits per heavy atom. The van der Waals surface area contributed by atoms with Crippen molar-refractivity contribution in [3.05, 3.63) is 16.1 Å². The molecule has 1 aliphatic rings. The van der Waals surface area contributed by atoms with E-state index in [0.717, 1.165) is 29.8 Å². The minimum Gasteiger partial charge on any atom is -0.375 e. The normalized spacial score (nSPS) is 17.2. The third-order valence-electron chi connectivity index (χ3n) is 3.45. The average molecular weight is 282 g/mol. The second-order valence-electron chi connectivity index (χ2n) is 6.50. The Hall–Kier alpha value is -0.450. The highest BCUT2D eigenvalue weighted by molar-refractivity contribution is 7.09. The summed E-state index contributed by atoms with van der Waals surface area (Å²) in [4.78, 5) is 4.61. The van der Waals surface area contributed by atoms with Crippen LogP contribution in [0.2, 0.25) is 0 Å². The first-order chi connectivity index (χ1) is 9.03. The fourth-order valence-corrected chi connectivity index (χ4v) is 3.06. The van der Waals surface area contributed by atoms with E-state index in [2.05, 4.69) is 36.5 Å². The van der Waals surface area contributed by atoms with E-state index in [1.54, 1.807) is 11.3 Å². The fourth-order valence-electron chi connectivity index (χ4n) is 2.34. The summed E-state index contributed by atoms with van der Waals surface area (Å²) in [7, 11) is 0. The molecule has 0 aliphatic heterocycles. The quantitative estimate of drug-likeness (QED) is 0.863. The van der Waals surface area contributed by atoms with Crippen LogP contribution in [0, 0.1) is 5.92 Å². The van der Waals surface area contributed by atoms with E-state index in [0.29, 0.717) is 6.61 Å². The molecule has 1 saturated carbocycles. The topological polar surface area (TPSA) is 34.2 Å². The zero-order valence-corrected chi connectivity index (χ0v) is 13.2. The van der Waals surface area contributed by atoms with E-state index in [9.17, 15) is 0 Å². The van der Waals surface area contributed by atoms with Crippen molar-refractivity contribution in [3.8, 4) is 0 Å². The van der Waals surface area contributed by atoms with E-state index >= 15 is 0 Å². The van der Waals surface area contributed by atoms with Crippen molar-refractivity contribution >= 4 is 11.3 Å². The molecule has 108 valence electrons. The van der Waals surface area contributed by atoms with Crippen molar-refractivity contribution in [1.82, 2.24) is 10.3 Å². The molecule has 1 aromatic rings. The van der Waals surface area contributed by atoms with Gasteiger partial charge in [-0.1, -0.05) is 12.8 Å². The molecule has 3 nitrogen and oxygen atoms in total. The van der Waals surface area contributed by atoms with Crippen molar-refractivity contribution < 1.29 is 4.74 Å². The van der Waals surface area contributed by atoms with Crippen molar-refractivity contribution in [2.24, 2.45) is 5.92 Å². The number of thiazole rings is 1. The third kappa shape index (κ3) is 5.59. The second kappa shape index (κ2) is 6.82. The van der Waals surface area contributed by atoms with Gasteiger partial charge in [0, 0.05) is 24.1 Å². The van der Waals surface area contributed by atoms with Crippen LogP contribution in [-0.2, 0) is 17.9 Å². The summed E-state index contributed by atoms with van der Waals surface area (Å²) < 4.78 is 5.79. The molecule has 0 spiro atoms. The van der Waals surface area contributed by atoms with E-state index in [1.165, 1.54) is 25.7 Å². The maximum Gasteiger partial charge on any atom is 0.107 e. The molecule has 0 unspecified atom stereocenters. The van der Waals surface area contributed by atoms with Crippen molar-refractivity contribution in [2.45, 2.75) is 65.1 Å². The monoisotopic (exact) mass is 282 g/mol. The lowest BCUT2D eigenvalue weighted by atomic mass is 10.1. The van der Waals surface area contributed by atoms with Crippen LogP contribution in [0.15, 0.2) is 5.38 Å². The van der Waals surface area contributed by atoms with Crippen LogP contribution in [0.3, 0.4) is 0 Å². The third-order valence-corrected chi connectivity index (χ3v) is 4.35. The Morgan fingerprint density at radius 1 is 1.37 bits per heavy atom. The maximum atomic E-state index is 5.79. The van der Waals surface area contributed by atoms with Gasteiger partial charge in [-0.3, -0.25) is 0 Å². The molecule has 0 amide bonds. The molecule has 0 bridgehead atoms. The first-order valence-corrected chi connectivity index (χ1v) is 8.17. The highest BCUT2D eigenvalue weighted by Gasteiger charge is 2.15. The number of aromatic nitrogens is 1. The summed E-state index contributed by atoms with van der Waals surface area (Å²) in [5, 5.41) is 6.73. The summed E-state index contributed by atoms with van der Waals surface area (Å²) in [6.45, 7) is 8.94. The zero-order chi connectivity index (χ0) is 13.7. The summed E-state index contributed by atoms with van der Waals surface area (Å²) in [5.74, 6) is 0.792. The summed E-state index contributed by atoms with van der Waals surface area (Å²) in [6, 6.07) is 0. The Morgan fingerprint density at radius 2 is 2.11 bits per heavy atom. The molecule has 0 saturated heterocycles. The summed E-state index contributed by atoms with van der Waals surface area (Å²) in [5.41, 5.74) is 1.22. The molecular formula is C15H26N2OS. The molecule has 0 aromatic carbocycles. The molecule has 1 aliphatic carbocycles. The van der Waals surface area contributed by atoms with Crippen LogP contribution in [0.4, 0.5) is 0 Å². The van der Waals surface area contributed by atoms with Crippen LogP contribution < -0.4 is 5.32 Å². The van der Waals surface area contributed by atoms with Crippen LogP contribution in [0.25, 0.3) is 0 Å².